The Labute approximate surface area is 198 Å². The van der Waals surface area contributed by atoms with Crippen molar-refractivity contribution in [3.05, 3.63) is 41.5 Å². The van der Waals surface area contributed by atoms with Crippen molar-refractivity contribution < 1.29 is 17.9 Å². The molecule has 3 saturated carbocycles. The quantitative estimate of drug-likeness (QED) is 0.368. The van der Waals surface area contributed by atoms with E-state index in [1.54, 1.807) is 25.1 Å². The lowest BCUT2D eigenvalue weighted by Crippen LogP contribution is -2.29. The first kappa shape index (κ1) is 24.7. The molecule has 4 rings (SSSR count). The Bertz CT molecular complexity index is 767. The fraction of sp³-hybridized carbons (Fsp3) is 0.724. The average molecular weight is 463 g/mol. The van der Waals surface area contributed by atoms with Crippen molar-refractivity contribution in [2.45, 2.75) is 89.9 Å². The van der Waals surface area contributed by atoms with Gasteiger partial charge in [0.15, 0.2) is 11.6 Å². The number of benzene rings is 1. The van der Waals surface area contributed by atoms with Crippen molar-refractivity contribution in [3.8, 4) is 5.75 Å². The Morgan fingerprint density at radius 1 is 0.758 bits per heavy atom. The maximum atomic E-state index is 14.7. The van der Waals surface area contributed by atoms with Gasteiger partial charge < -0.3 is 4.74 Å². The SMILES string of the molecule is CCOc1ccc(C2CCC(C3CCC(C4CCC(/C=C/CF)CC4)CC3)CC2)c(F)c1F. The molecule has 1 aromatic carbocycles. The maximum Gasteiger partial charge on any atom is 0.200 e. The van der Waals surface area contributed by atoms with Crippen LogP contribution in [0.1, 0.15) is 95.5 Å². The molecule has 0 aromatic heterocycles. The zero-order valence-electron chi connectivity index (χ0n) is 20.2. The number of rotatable bonds is 7. The molecule has 0 aliphatic heterocycles. The summed E-state index contributed by atoms with van der Waals surface area (Å²) < 4.78 is 46.5. The molecular weight excluding hydrogens is 421 g/mol. The normalized spacial score (nSPS) is 33.3. The second kappa shape index (κ2) is 11.8. The molecule has 3 fully saturated rings. The van der Waals surface area contributed by atoms with E-state index in [-0.39, 0.29) is 18.3 Å². The van der Waals surface area contributed by atoms with Crippen LogP contribution in [0.25, 0.3) is 0 Å². The molecule has 184 valence electrons. The molecule has 0 saturated heterocycles. The van der Waals surface area contributed by atoms with Crippen molar-refractivity contribution in [1.29, 1.82) is 0 Å². The van der Waals surface area contributed by atoms with Crippen LogP contribution in [0.3, 0.4) is 0 Å². The van der Waals surface area contributed by atoms with E-state index < -0.39 is 11.6 Å². The summed E-state index contributed by atoms with van der Waals surface area (Å²) in [6, 6.07) is 3.33. The average Bonchev–Trinajstić information content (AvgIpc) is 2.86. The number of allylic oxidation sites excluding steroid dienone is 2. The highest BCUT2D eigenvalue weighted by Crippen LogP contribution is 2.47. The zero-order valence-corrected chi connectivity index (χ0v) is 20.2. The summed E-state index contributed by atoms with van der Waals surface area (Å²) in [5.74, 6) is 2.52. The third kappa shape index (κ3) is 5.98. The summed E-state index contributed by atoms with van der Waals surface area (Å²) in [5.41, 5.74) is 0.537. The highest BCUT2D eigenvalue weighted by Gasteiger charge is 2.35. The summed E-state index contributed by atoms with van der Waals surface area (Å²) in [6.07, 6.45) is 18.5. The van der Waals surface area contributed by atoms with Gasteiger partial charge in [0.05, 0.1) is 6.61 Å². The first-order chi connectivity index (χ1) is 16.1. The lowest BCUT2D eigenvalue weighted by atomic mass is 9.64. The minimum absolute atomic E-state index is 0.0221. The molecule has 1 aromatic rings. The number of halogens is 3. The number of hydrogen-bond acceptors (Lipinski definition) is 1. The van der Waals surface area contributed by atoms with Crippen LogP contribution in [0, 0.1) is 41.2 Å². The Morgan fingerprint density at radius 2 is 1.27 bits per heavy atom. The fourth-order valence-electron chi connectivity index (χ4n) is 7.17. The van der Waals surface area contributed by atoms with Crippen molar-refractivity contribution >= 4 is 0 Å². The number of alkyl halides is 1. The predicted octanol–water partition coefficient (Wildman–Crippen LogP) is 8.78. The molecule has 0 bridgehead atoms. The van der Waals surface area contributed by atoms with Gasteiger partial charge in [-0.25, -0.2) is 8.78 Å². The van der Waals surface area contributed by atoms with E-state index in [1.807, 2.05) is 0 Å². The van der Waals surface area contributed by atoms with Gasteiger partial charge in [-0.15, -0.1) is 0 Å². The second-order valence-corrected chi connectivity index (χ2v) is 10.8. The minimum atomic E-state index is -0.831. The van der Waals surface area contributed by atoms with Crippen molar-refractivity contribution in [2.24, 2.45) is 29.6 Å². The Hall–Kier alpha value is -1.45. The van der Waals surface area contributed by atoms with E-state index in [0.717, 1.165) is 49.4 Å². The second-order valence-electron chi connectivity index (χ2n) is 10.8. The van der Waals surface area contributed by atoms with Crippen molar-refractivity contribution in [1.82, 2.24) is 0 Å². The van der Waals surface area contributed by atoms with E-state index in [9.17, 15) is 13.2 Å². The third-order valence-corrected chi connectivity index (χ3v) is 9.05. The third-order valence-electron chi connectivity index (χ3n) is 9.05. The van der Waals surface area contributed by atoms with Crippen LogP contribution in [0.4, 0.5) is 13.2 Å². The molecule has 0 amide bonds. The van der Waals surface area contributed by atoms with Crippen molar-refractivity contribution in [2.75, 3.05) is 13.3 Å². The maximum absolute atomic E-state index is 14.7. The summed E-state index contributed by atoms with van der Waals surface area (Å²) in [6.45, 7) is 1.78. The Kier molecular flexibility index (Phi) is 8.82. The molecular formula is C29H41F3O. The highest BCUT2D eigenvalue weighted by atomic mass is 19.2. The van der Waals surface area contributed by atoms with Gasteiger partial charge >= 0.3 is 0 Å². The summed E-state index contributed by atoms with van der Waals surface area (Å²) >= 11 is 0. The van der Waals surface area contributed by atoms with Gasteiger partial charge in [-0.3, -0.25) is 0 Å². The number of ether oxygens (including phenoxy) is 1. The van der Waals surface area contributed by atoms with Gasteiger partial charge in [-0.1, -0.05) is 18.2 Å². The largest absolute Gasteiger partial charge is 0.491 e. The minimum Gasteiger partial charge on any atom is -0.491 e. The summed E-state index contributed by atoms with van der Waals surface area (Å²) in [7, 11) is 0. The molecule has 3 aliphatic rings. The fourth-order valence-corrected chi connectivity index (χ4v) is 7.17. The highest BCUT2D eigenvalue weighted by molar-refractivity contribution is 5.33. The molecule has 0 spiro atoms. The summed E-state index contributed by atoms with van der Waals surface area (Å²) in [5, 5.41) is 0. The van der Waals surface area contributed by atoms with E-state index in [0.29, 0.717) is 18.1 Å². The predicted molar refractivity (Wildman–Crippen MR) is 128 cm³/mol. The topological polar surface area (TPSA) is 9.23 Å². The van der Waals surface area contributed by atoms with Gasteiger partial charge in [0.1, 0.15) is 6.67 Å². The standard InChI is InChI=1S/C29H41F3O/c1-2-33-27-18-17-26(28(31)29(27)32)25-15-13-24(14-16-25)23-11-9-22(10-12-23)21-7-5-20(6-8-21)4-3-19-30/h3-4,17-18,20-25H,2,5-16,19H2,1H3/b4-3+. The molecule has 0 radical (unpaired) electrons. The van der Waals surface area contributed by atoms with Crippen LogP contribution < -0.4 is 4.74 Å². The molecule has 33 heavy (non-hydrogen) atoms. The summed E-state index contributed by atoms with van der Waals surface area (Å²) in [4.78, 5) is 0. The smallest absolute Gasteiger partial charge is 0.200 e. The van der Waals surface area contributed by atoms with Crippen LogP contribution in [-0.2, 0) is 0 Å². The van der Waals surface area contributed by atoms with Gasteiger partial charge in [-0.05, 0) is 131 Å². The molecule has 0 unspecified atom stereocenters. The molecule has 4 heteroatoms. The lowest BCUT2D eigenvalue weighted by Gasteiger charge is -2.41. The first-order valence-electron chi connectivity index (χ1n) is 13.4. The molecule has 0 atom stereocenters. The zero-order chi connectivity index (χ0) is 23.2. The van der Waals surface area contributed by atoms with Crippen LogP contribution >= 0.6 is 0 Å². The van der Waals surface area contributed by atoms with Crippen LogP contribution in [0.5, 0.6) is 5.75 Å². The van der Waals surface area contributed by atoms with Gasteiger partial charge in [0.2, 0.25) is 5.82 Å². The van der Waals surface area contributed by atoms with E-state index in [2.05, 4.69) is 6.08 Å². The van der Waals surface area contributed by atoms with Crippen LogP contribution in [0.2, 0.25) is 0 Å². The first-order valence-corrected chi connectivity index (χ1v) is 13.4. The lowest BCUT2D eigenvalue weighted by molar-refractivity contribution is 0.114. The van der Waals surface area contributed by atoms with Crippen LogP contribution in [-0.4, -0.2) is 13.3 Å². The Balaban J connectivity index is 1.23. The van der Waals surface area contributed by atoms with Gasteiger partial charge in [-0.2, -0.15) is 4.39 Å². The molecule has 1 nitrogen and oxygen atoms in total. The Morgan fingerprint density at radius 3 is 1.79 bits per heavy atom. The van der Waals surface area contributed by atoms with Gasteiger partial charge in [0, 0.05) is 0 Å². The molecule has 0 N–H and O–H groups in total. The monoisotopic (exact) mass is 462 g/mol. The molecule has 0 heterocycles. The van der Waals surface area contributed by atoms with E-state index in [4.69, 9.17) is 4.74 Å². The van der Waals surface area contributed by atoms with Crippen LogP contribution in [0.15, 0.2) is 24.3 Å². The number of hydrogen-bond donors (Lipinski definition) is 0. The van der Waals surface area contributed by atoms with Gasteiger partial charge in [0.25, 0.3) is 0 Å². The molecule has 3 aliphatic carbocycles. The van der Waals surface area contributed by atoms with E-state index in [1.165, 1.54) is 51.4 Å². The van der Waals surface area contributed by atoms with E-state index >= 15 is 0 Å². The van der Waals surface area contributed by atoms with Crippen molar-refractivity contribution in [3.63, 3.8) is 0 Å².